The van der Waals surface area contributed by atoms with Gasteiger partial charge in [0.15, 0.2) is 0 Å². The van der Waals surface area contributed by atoms with Gasteiger partial charge in [-0.2, -0.15) is 5.26 Å². The number of rotatable bonds is 4. The Morgan fingerprint density at radius 2 is 1.76 bits per heavy atom. The number of carbonyl (C=O) groups excluding carboxylic acids is 1. The quantitative estimate of drug-likeness (QED) is 0.493. The zero-order valence-corrected chi connectivity index (χ0v) is 25.8. The number of likely N-dealkylation sites (tertiary alicyclic amines) is 1. The minimum absolute atomic E-state index is 0.0216. The Bertz CT molecular complexity index is 1450. The van der Waals surface area contributed by atoms with Crippen molar-refractivity contribution in [3.63, 3.8) is 0 Å². The Hall–Kier alpha value is -3.10. The smallest absolute Gasteiger partial charge is 0.256 e. The van der Waals surface area contributed by atoms with Gasteiger partial charge in [-0.15, -0.1) is 0 Å². The highest BCUT2D eigenvalue weighted by Crippen LogP contribution is 2.59. The topological polar surface area (TPSA) is 81.5 Å². The summed E-state index contributed by atoms with van der Waals surface area (Å²) in [6.07, 6.45) is 4.57. The van der Waals surface area contributed by atoms with Gasteiger partial charge in [0.05, 0.1) is 28.4 Å². The van der Waals surface area contributed by atoms with Crippen molar-refractivity contribution in [2.75, 3.05) is 26.2 Å². The molecule has 3 fully saturated rings. The van der Waals surface area contributed by atoms with Crippen LogP contribution < -0.4 is 10.1 Å². The molecule has 7 nitrogen and oxygen atoms in total. The number of hydrogen-bond donors (Lipinski definition) is 1. The lowest BCUT2D eigenvalue weighted by Gasteiger charge is -2.65. The SMILES string of the molecule is CC1(C)[C@H](Oc2ccc(C#N)c(Cl)c2)C(C)(C)[C@H]1N1Cc2nc(C#CC3CCN(C4CCNCC4)CC3)ccc2C1=O. The molecule has 4 heterocycles. The number of carbonyl (C=O) groups is 1. The van der Waals surface area contributed by atoms with Crippen LogP contribution in [-0.4, -0.2) is 65.1 Å². The molecular formula is C34H40ClN5O2. The van der Waals surface area contributed by atoms with Gasteiger partial charge in [-0.3, -0.25) is 4.79 Å². The minimum Gasteiger partial charge on any atom is -0.489 e. The van der Waals surface area contributed by atoms with Gasteiger partial charge in [0.2, 0.25) is 0 Å². The second kappa shape index (κ2) is 11.2. The van der Waals surface area contributed by atoms with Gasteiger partial charge in [-0.05, 0) is 82.0 Å². The molecule has 0 radical (unpaired) electrons. The average molecular weight is 586 g/mol. The largest absolute Gasteiger partial charge is 0.489 e. The number of amides is 1. The van der Waals surface area contributed by atoms with E-state index in [4.69, 9.17) is 21.3 Å². The fourth-order valence-electron chi connectivity index (χ4n) is 8.25. The van der Waals surface area contributed by atoms with Crippen molar-refractivity contribution in [3.8, 4) is 23.7 Å². The van der Waals surface area contributed by atoms with Crippen molar-refractivity contribution in [1.29, 1.82) is 5.26 Å². The van der Waals surface area contributed by atoms with Gasteiger partial charge < -0.3 is 19.9 Å². The van der Waals surface area contributed by atoms with Crippen molar-refractivity contribution in [1.82, 2.24) is 20.1 Å². The first-order valence-corrected chi connectivity index (χ1v) is 15.6. The molecule has 1 aromatic carbocycles. The molecule has 2 aromatic rings. The summed E-state index contributed by atoms with van der Waals surface area (Å²) >= 11 is 6.26. The van der Waals surface area contributed by atoms with Crippen molar-refractivity contribution >= 4 is 17.5 Å². The van der Waals surface area contributed by atoms with E-state index in [9.17, 15) is 10.1 Å². The van der Waals surface area contributed by atoms with Crippen LogP contribution in [-0.2, 0) is 6.54 Å². The van der Waals surface area contributed by atoms with Gasteiger partial charge >= 0.3 is 0 Å². The third-order valence-corrected chi connectivity index (χ3v) is 10.2. The Balaban J connectivity index is 1.11. The number of fused-ring (bicyclic) bond motifs is 1. The van der Waals surface area contributed by atoms with Gasteiger partial charge in [0, 0.05) is 34.9 Å². The van der Waals surface area contributed by atoms with Crippen molar-refractivity contribution < 1.29 is 9.53 Å². The first kappa shape index (κ1) is 29.0. The standard InChI is InChI=1S/C34H40ClN5O2/c1-33(2)31(34(3,4)32(33)42-26-9-6-23(20-36)28(35)19-26)40-21-29-27(30(40)41)10-8-24(38-29)7-5-22-13-17-39(18-14-22)25-11-15-37-16-12-25/h6,8-10,19,22,25,31-32,37H,11-18,21H2,1-4H3/t31-,32-. The summed E-state index contributed by atoms with van der Waals surface area (Å²) in [5.41, 5.74) is 2.02. The Labute approximate surface area is 254 Å². The number of halogens is 1. The molecule has 1 N–H and O–H groups in total. The van der Waals surface area contributed by atoms with Crippen molar-refractivity contribution in [3.05, 3.63) is 57.9 Å². The number of pyridine rings is 1. The maximum atomic E-state index is 13.6. The summed E-state index contributed by atoms with van der Waals surface area (Å²) in [6.45, 7) is 13.6. The summed E-state index contributed by atoms with van der Waals surface area (Å²) in [5.74, 6) is 7.87. The third-order valence-electron chi connectivity index (χ3n) is 9.93. The van der Waals surface area contributed by atoms with Gasteiger partial charge in [-0.25, -0.2) is 4.98 Å². The molecule has 220 valence electrons. The highest BCUT2D eigenvalue weighted by Gasteiger charge is 2.67. The maximum absolute atomic E-state index is 13.6. The molecule has 0 unspecified atom stereocenters. The number of benzene rings is 1. The zero-order valence-electron chi connectivity index (χ0n) is 25.0. The van der Waals surface area contributed by atoms with E-state index in [1.807, 2.05) is 17.0 Å². The molecule has 1 aliphatic carbocycles. The number of piperidine rings is 2. The summed E-state index contributed by atoms with van der Waals surface area (Å²) < 4.78 is 6.44. The zero-order chi connectivity index (χ0) is 29.6. The van der Waals surface area contributed by atoms with Crippen LogP contribution in [0, 0.1) is 39.9 Å². The first-order valence-electron chi connectivity index (χ1n) is 15.2. The van der Waals surface area contributed by atoms with E-state index in [1.165, 1.54) is 12.8 Å². The fraction of sp³-hybridized carbons (Fsp3) is 0.559. The van der Waals surface area contributed by atoms with E-state index in [1.54, 1.807) is 18.2 Å². The molecule has 4 aliphatic rings. The molecule has 6 rings (SSSR count). The summed E-state index contributed by atoms with van der Waals surface area (Å²) in [7, 11) is 0. The molecule has 1 saturated carbocycles. The van der Waals surface area contributed by atoms with Gasteiger partial charge in [0.25, 0.3) is 5.91 Å². The predicted molar refractivity (Wildman–Crippen MR) is 163 cm³/mol. The van der Waals surface area contributed by atoms with E-state index in [0.29, 0.717) is 34.4 Å². The molecule has 1 aromatic heterocycles. The fourth-order valence-corrected chi connectivity index (χ4v) is 8.46. The second-order valence-corrected chi connectivity index (χ2v) is 13.9. The van der Waals surface area contributed by atoms with E-state index < -0.39 is 0 Å². The van der Waals surface area contributed by atoms with Crippen molar-refractivity contribution in [2.45, 2.75) is 78.1 Å². The van der Waals surface area contributed by atoms with E-state index in [-0.39, 0.29) is 28.9 Å². The Morgan fingerprint density at radius 3 is 2.43 bits per heavy atom. The second-order valence-electron chi connectivity index (χ2n) is 13.5. The van der Waals surface area contributed by atoms with Gasteiger partial charge in [-0.1, -0.05) is 45.2 Å². The number of nitriles is 1. The van der Waals surface area contributed by atoms with Crippen molar-refractivity contribution in [2.24, 2.45) is 16.7 Å². The van der Waals surface area contributed by atoms with E-state index in [0.717, 1.165) is 56.5 Å². The first-order chi connectivity index (χ1) is 20.1. The number of hydrogen-bond acceptors (Lipinski definition) is 6. The molecule has 8 heteroatoms. The number of ether oxygens (including phenoxy) is 1. The number of nitrogens with zero attached hydrogens (tertiary/aromatic N) is 4. The molecule has 1 amide bonds. The monoisotopic (exact) mass is 585 g/mol. The number of aromatic nitrogens is 1. The Kier molecular flexibility index (Phi) is 7.73. The highest BCUT2D eigenvalue weighted by molar-refractivity contribution is 6.31. The van der Waals surface area contributed by atoms with Crippen LogP contribution >= 0.6 is 11.6 Å². The molecule has 2 saturated heterocycles. The minimum atomic E-state index is -0.312. The van der Waals surface area contributed by atoms with E-state index in [2.05, 4.69) is 55.8 Å². The maximum Gasteiger partial charge on any atom is 0.256 e. The van der Waals surface area contributed by atoms with Crippen LogP contribution in [0.15, 0.2) is 30.3 Å². The number of nitrogens with one attached hydrogen (secondary N) is 1. The van der Waals surface area contributed by atoms with Gasteiger partial charge in [0.1, 0.15) is 23.6 Å². The molecule has 0 atom stereocenters. The van der Waals surface area contributed by atoms with Crippen LogP contribution in [0.5, 0.6) is 5.75 Å². The van der Waals surface area contributed by atoms with Crippen LogP contribution in [0.2, 0.25) is 5.02 Å². The van der Waals surface area contributed by atoms with Crippen LogP contribution in [0.1, 0.15) is 80.7 Å². The normalized spacial score (nSPS) is 25.6. The molecular weight excluding hydrogens is 546 g/mol. The van der Waals surface area contributed by atoms with E-state index >= 15 is 0 Å². The molecule has 42 heavy (non-hydrogen) atoms. The summed E-state index contributed by atoms with van der Waals surface area (Å²) in [4.78, 5) is 23.1. The lowest BCUT2D eigenvalue weighted by Crippen LogP contribution is -2.74. The average Bonchev–Trinajstić information content (AvgIpc) is 3.29. The summed E-state index contributed by atoms with van der Waals surface area (Å²) in [5, 5.41) is 13.0. The predicted octanol–water partition coefficient (Wildman–Crippen LogP) is 5.26. The third kappa shape index (κ3) is 5.17. The molecule has 3 aliphatic heterocycles. The molecule has 0 spiro atoms. The summed E-state index contributed by atoms with van der Waals surface area (Å²) in [6, 6.07) is 11.7. The lowest BCUT2D eigenvalue weighted by atomic mass is 9.49. The highest BCUT2D eigenvalue weighted by atomic mass is 35.5. The van der Waals surface area contributed by atoms with Crippen LogP contribution in [0.3, 0.4) is 0 Å². The molecule has 0 bridgehead atoms. The lowest BCUT2D eigenvalue weighted by molar-refractivity contribution is -0.199. The Morgan fingerprint density at radius 1 is 1.05 bits per heavy atom. The van der Waals surface area contributed by atoms with Crippen LogP contribution in [0.25, 0.3) is 0 Å². The van der Waals surface area contributed by atoms with Crippen LogP contribution in [0.4, 0.5) is 0 Å².